The third-order valence-corrected chi connectivity index (χ3v) is 4.82. The van der Waals surface area contributed by atoms with Gasteiger partial charge in [-0.2, -0.15) is 0 Å². The van der Waals surface area contributed by atoms with Crippen molar-refractivity contribution in [1.82, 2.24) is 4.90 Å². The molecule has 0 saturated carbocycles. The Bertz CT molecular complexity index is 446. The maximum absolute atomic E-state index is 11.2. The Morgan fingerprint density at radius 2 is 1.89 bits per heavy atom. The van der Waals surface area contributed by atoms with Gasteiger partial charge in [-0.1, -0.05) is 31.2 Å². The van der Waals surface area contributed by atoms with Crippen molar-refractivity contribution in [3.05, 3.63) is 35.4 Å². The summed E-state index contributed by atoms with van der Waals surface area (Å²) in [6.07, 6.45) is 2.52. The molecule has 0 radical (unpaired) electrons. The van der Waals surface area contributed by atoms with E-state index in [-0.39, 0.29) is 0 Å². The maximum Gasteiger partial charge on any atom is 0.0930 e. The number of likely N-dealkylation sites (N-methyl/N-ethyl adjacent to an activating group) is 1. The Morgan fingerprint density at radius 3 is 2.53 bits per heavy atom. The average molecular weight is 261 g/mol. The van der Waals surface area contributed by atoms with Crippen LogP contribution in [0.25, 0.3) is 0 Å². The number of hydrogen-bond donors (Lipinski definition) is 1. The highest BCUT2D eigenvalue weighted by molar-refractivity contribution is 5.33. The Morgan fingerprint density at radius 1 is 1.26 bits per heavy atom. The van der Waals surface area contributed by atoms with E-state index in [2.05, 4.69) is 37.1 Å². The molecule has 104 valence electrons. The highest BCUT2D eigenvalue weighted by Crippen LogP contribution is 2.41. The number of aryl methyl sites for hydroxylation is 1. The topological polar surface area (TPSA) is 32.7 Å². The fourth-order valence-corrected chi connectivity index (χ4v) is 3.64. The van der Waals surface area contributed by atoms with Gasteiger partial charge in [-0.3, -0.25) is 4.90 Å². The monoisotopic (exact) mass is 261 g/mol. The van der Waals surface area contributed by atoms with Gasteiger partial charge in [-0.25, -0.2) is 0 Å². The molecule has 19 heavy (non-hydrogen) atoms. The number of rotatable bonds is 2. The molecule has 0 spiro atoms. The van der Waals surface area contributed by atoms with Crippen molar-refractivity contribution in [3.8, 4) is 0 Å². The summed E-state index contributed by atoms with van der Waals surface area (Å²) in [5, 5.41) is 11.2. The van der Waals surface area contributed by atoms with Gasteiger partial charge >= 0.3 is 0 Å². The minimum absolute atomic E-state index is 0.336. The zero-order valence-corrected chi connectivity index (χ0v) is 11.8. The lowest BCUT2D eigenvalue weighted by Gasteiger charge is -2.50. The van der Waals surface area contributed by atoms with Gasteiger partial charge in [0, 0.05) is 12.1 Å². The fraction of sp³-hybridized carbons (Fsp3) is 0.625. The molecule has 0 amide bonds. The first-order valence-electron chi connectivity index (χ1n) is 7.24. The van der Waals surface area contributed by atoms with Crippen LogP contribution in [0, 0.1) is 0 Å². The molecule has 2 unspecified atom stereocenters. The van der Waals surface area contributed by atoms with E-state index >= 15 is 0 Å². The second-order valence-electron chi connectivity index (χ2n) is 5.96. The van der Waals surface area contributed by atoms with E-state index in [1.807, 2.05) is 6.07 Å². The van der Waals surface area contributed by atoms with Gasteiger partial charge < -0.3 is 9.84 Å². The summed E-state index contributed by atoms with van der Waals surface area (Å²) >= 11 is 0. The molecule has 3 nitrogen and oxygen atoms in total. The third-order valence-electron chi connectivity index (χ3n) is 4.82. The van der Waals surface area contributed by atoms with Crippen LogP contribution in [-0.4, -0.2) is 42.4 Å². The Balaban J connectivity index is 1.95. The molecular weight excluding hydrogens is 238 g/mol. The third kappa shape index (κ3) is 2.20. The minimum atomic E-state index is -0.682. The van der Waals surface area contributed by atoms with Crippen LogP contribution >= 0.6 is 0 Å². The van der Waals surface area contributed by atoms with Crippen LogP contribution in [-0.2, 0) is 16.8 Å². The van der Waals surface area contributed by atoms with Crippen molar-refractivity contribution in [2.75, 3.05) is 20.3 Å². The lowest BCUT2D eigenvalue weighted by Crippen LogP contribution is -2.59. The minimum Gasteiger partial charge on any atom is -0.385 e. The van der Waals surface area contributed by atoms with Crippen molar-refractivity contribution < 1.29 is 9.84 Å². The summed E-state index contributed by atoms with van der Waals surface area (Å²) in [4.78, 5) is 2.38. The lowest BCUT2D eigenvalue weighted by molar-refractivity contribution is -0.138. The SMILES string of the molecule is CCc1ccccc1C1(O)CC2COCC(C1)N2C. The number of nitrogens with zero attached hydrogens (tertiary/aromatic N) is 1. The molecule has 2 bridgehead atoms. The fourth-order valence-electron chi connectivity index (χ4n) is 3.64. The molecule has 3 rings (SSSR count). The number of fused-ring (bicyclic) bond motifs is 2. The van der Waals surface area contributed by atoms with Crippen LogP contribution in [0.2, 0.25) is 0 Å². The molecule has 0 aromatic heterocycles. The van der Waals surface area contributed by atoms with Crippen molar-refractivity contribution >= 4 is 0 Å². The number of ether oxygens (including phenoxy) is 1. The largest absolute Gasteiger partial charge is 0.385 e. The number of aliphatic hydroxyl groups is 1. The highest BCUT2D eigenvalue weighted by atomic mass is 16.5. The van der Waals surface area contributed by atoms with Crippen LogP contribution in [0.3, 0.4) is 0 Å². The molecule has 2 aliphatic rings. The summed E-state index contributed by atoms with van der Waals surface area (Å²) < 4.78 is 5.64. The molecular formula is C16H23NO2. The molecule has 1 N–H and O–H groups in total. The summed E-state index contributed by atoms with van der Waals surface area (Å²) in [6, 6.07) is 9.00. The van der Waals surface area contributed by atoms with Crippen LogP contribution in [0.5, 0.6) is 0 Å². The molecule has 1 aromatic carbocycles. The number of morpholine rings is 1. The second kappa shape index (κ2) is 4.89. The normalized spacial score (nSPS) is 35.3. The summed E-state index contributed by atoms with van der Waals surface area (Å²) in [5.41, 5.74) is 1.72. The van der Waals surface area contributed by atoms with Gasteiger partial charge in [0.15, 0.2) is 0 Å². The van der Waals surface area contributed by atoms with E-state index in [1.165, 1.54) is 5.56 Å². The average Bonchev–Trinajstić information content (AvgIpc) is 2.41. The predicted molar refractivity (Wildman–Crippen MR) is 75.1 cm³/mol. The standard InChI is InChI=1S/C16H23NO2/c1-3-12-6-4-5-7-15(12)16(18)8-13-10-19-11-14(9-16)17(13)2/h4-7,13-14,18H,3,8-11H2,1-2H3. The first-order valence-corrected chi connectivity index (χ1v) is 7.24. The van der Waals surface area contributed by atoms with Crippen molar-refractivity contribution in [1.29, 1.82) is 0 Å². The zero-order chi connectivity index (χ0) is 13.5. The van der Waals surface area contributed by atoms with E-state index in [1.54, 1.807) is 0 Å². The molecule has 2 aliphatic heterocycles. The van der Waals surface area contributed by atoms with Crippen LogP contribution in [0.1, 0.15) is 30.9 Å². The quantitative estimate of drug-likeness (QED) is 0.883. The molecule has 2 saturated heterocycles. The van der Waals surface area contributed by atoms with Crippen molar-refractivity contribution in [2.24, 2.45) is 0 Å². The Labute approximate surface area is 115 Å². The highest BCUT2D eigenvalue weighted by Gasteiger charge is 2.46. The first kappa shape index (κ1) is 13.1. The van der Waals surface area contributed by atoms with Crippen LogP contribution < -0.4 is 0 Å². The van der Waals surface area contributed by atoms with E-state index in [9.17, 15) is 5.11 Å². The molecule has 0 aliphatic carbocycles. The van der Waals surface area contributed by atoms with Gasteiger partial charge in [0.1, 0.15) is 0 Å². The first-order chi connectivity index (χ1) is 9.14. The van der Waals surface area contributed by atoms with Crippen LogP contribution in [0.15, 0.2) is 24.3 Å². The van der Waals surface area contributed by atoms with Gasteiger partial charge in [0.05, 0.1) is 18.8 Å². The van der Waals surface area contributed by atoms with Crippen LogP contribution in [0.4, 0.5) is 0 Å². The van der Waals surface area contributed by atoms with E-state index < -0.39 is 5.60 Å². The number of benzene rings is 1. The van der Waals surface area contributed by atoms with Crippen molar-refractivity contribution in [2.45, 2.75) is 43.9 Å². The summed E-state index contributed by atoms with van der Waals surface area (Å²) in [7, 11) is 2.16. The van der Waals surface area contributed by atoms with Crippen molar-refractivity contribution in [3.63, 3.8) is 0 Å². The van der Waals surface area contributed by atoms with E-state index in [4.69, 9.17) is 4.74 Å². The summed E-state index contributed by atoms with van der Waals surface area (Å²) in [6.45, 7) is 3.63. The maximum atomic E-state index is 11.2. The zero-order valence-electron chi connectivity index (χ0n) is 11.8. The predicted octanol–water partition coefficient (Wildman–Crippen LogP) is 1.93. The van der Waals surface area contributed by atoms with E-state index in [0.29, 0.717) is 12.1 Å². The molecule has 1 aromatic rings. The number of hydrogen-bond acceptors (Lipinski definition) is 3. The molecule has 2 atom stereocenters. The smallest absolute Gasteiger partial charge is 0.0930 e. The molecule has 2 heterocycles. The van der Waals surface area contributed by atoms with E-state index in [0.717, 1.165) is 38.0 Å². The Hall–Kier alpha value is -0.900. The second-order valence-corrected chi connectivity index (χ2v) is 5.96. The van der Waals surface area contributed by atoms with Gasteiger partial charge in [-0.15, -0.1) is 0 Å². The summed E-state index contributed by atoms with van der Waals surface area (Å²) in [5.74, 6) is 0. The molecule has 2 fully saturated rings. The lowest BCUT2D eigenvalue weighted by atomic mass is 9.75. The van der Waals surface area contributed by atoms with Gasteiger partial charge in [0.25, 0.3) is 0 Å². The Kier molecular flexibility index (Phi) is 3.37. The van der Waals surface area contributed by atoms with Gasteiger partial charge in [-0.05, 0) is 37.4 Å². The number of piperidine rings is 1. The van der Waals surface area contributed by atoms with Gasteiger partial charge in [0.2, 0.25) is 0 Å². The molecule has 3 heteroatoms.